The molecule has 0 aromatic heterocycles. The summed E-state index contributed by atoms with van der Waals surface area (Å²) in [5.41, 5.74) is 0. The third kappa shape index (κ3) is 2.95. The summed E-state index contributed by atoms with van der Waals surface area (Å²) < 4.78 is 22.3. The largest absolute Gasteiger partial charge is 0.396 e. The van der Waals surface area contributed by atoms with Crippen molar-refractivity contribution in [2.75, 3.05) is 6.56 Å². The zero-order chi connectivity index (χ0) is 17.1. The Morgan fingerprint density at radius 1 is 1.00 bits per heavy atom. The van der Waals surface area contributed by atoms with Gasteiger partial charge in [0, 0.05) is 0 Å². The molecule has 2 aromatic carbocycles. The number of hydrogen-bond acceptors (Lipinski definition) is 1. The molecule has 0 atom stereocenters. The zero-order valence-electron chi connectivity index (χ0n) is 14.8. The summed E-state index contributed by atoms with van der Waals surface area (Å²) in [6.07, 6.45) is 5.39. The minimum Gasteiger partial charge on any atom is -0.396 e. The maximum absolute atomic E-state index is 8.05. The monoisotopic (exact) mass is 296 g/mol. The Hall–Kier alpha value is -1.82. The second-order valence-electron chi connectivity index (χ2n) is 6.01. The SMILES string of the molecule is [2H]C([2H])(C#C)O[Si](c1ccccc1)(c1ccccc1)C(C)(C)C. The van der Waals surface area contributed by atoms with Gasteiger partial charge in [-0.1, -0.05) is 87.4 Å². The van der Waals surface area contributed by atoms with Gasteiger partial charge < -0.3 is 4.43 Å². The molecule has 0 amide bonds. The van der Waals surface area contributed by atoms with E-state index in [0.717, 1.165) is 10.4 Å². The van der Waals surface area contributed by atoms with Crippen LogP contribution in [0.5, 0.6) is 0 Å². The molecule has 0 unspecified atom stereocenters. The first-order chi connectivity index (χ1) is 10.7. The molecule has 2 heteroatoms. The highest BCUT2D eigenvalue weighted by atomic mass is 28.4. The van der Waals surface area contributed by atoms with E-state index >= 15 is 0 Å². The third-order valence-corrected chi connectivity index (χ3v) is 8.49. The van der Waals surface area contributed by atoms with Crippen molar-refractivity contribution >= 4 is 18.7 Å². The van der Waals surface area contributed by atoms with Crippen molar-refractivity contribution in [1.29, 1.82) is 0 Å². The summed E-state index contributed by atoms with van der Waals surface area (Å²) in [5, 5.41) is 1.73. The summed E-state index contributed by atoms with van der Waals surface area (Å²) in [6, 6.07) is 19.8. The van der Waals surface area contributed by atoms with E-state index in [-0.39, 0.29) is 5.04 Å². The third-order valence-electron chi connectivity index (χ3n) is 3.68. The molecular weight excluding hydrogens is 272 g/mol. The summed E-state index contributed by atoms with van der Waals surface area (Å²) in [7, 11) is -2.92. The van der Waals surface area contributed by atoms with Crippen molar-refractivity contribution in [2.24, 2.45) is 0 Å². The molecule has 0 saturated carbocycles. The minimum atomic E-state index is -2.92. The highest BCUT2D eigenvalue weighted by Crippen LogP contribution is 2.36. The summed E-state index contributed by atoms with van der Waals surface area (Å²) in [5.74, 6) is 2.15. The predicted octanol–water partition coefficient (Wildman–Crippen LogP) is 3.20. The Morgan fingerprint density at radius 3 is 1.76 bits per heavy atom. The van der Waals surface area contributed by atoms with Gasteiger partial charge in [-0.15, -0.1) is 6.42 Å². The van der Waals surface area contributed by atoms with Crippen LogP contribution in [-0.4, -0.2) is 14.9 Å². The lowest BCUT2D eigenvalue weighted by Crippen LogP contribution is -2.66. The van der Waals surface area contributed by atoms with Gasteiger partial charge in [0.25, 0.3) is 8.32 Å². The molecule has 1 nitrogen and oxygen atoms in total. The number of hydrogen-bond donors (Lipinski definition) is 0. The molecule has 0 spiro atoms. The molecule has 0 bridgehead atoms. The van der Waals surface area contributed by atoms with E-state index in [4.69, 9.17) is 13.6 Å². The van der Waals surface area contributed by atoms with Gasteiger partial charge in [0.05, 0.1) is 9.30 Å². The molecular formula is C19H22OSi. The first-order valence-corrected chi connectivity index (χ1v) is 8.93. The lowest BCUT2D eigenvalue weighted by molar-refractivity contribution is 0.346. The van der Waals surface area contributed by atoms with Crippen molar-refractivity contribution in [1.82, 2.24) is 0 Å². The Labute approximate surface area is 131 Å². The Bertz CT molecular complexity index is 645. The molecule has 0 radical (unpaired) electrons. The average Bonchev–Trinajstić information content (AvgIpc) is 2.53. The molecule has 2 aromatic rings. The molecule has 2 rings (SSSR count). The van der Waals surface area contributed by atoms with Crippen molar-refractivity contribution in [2.45, 2.75) is 25.8 Å². The van der Waals surface area contributed by atoms with Gasteiger partial charge in [-0.2, -0.15) is 0 Å². The lowest BCUT2D eigenvalue weighted by Gasteiger charge is -2.42. The first-order valence-electron chi connectivity index (χ1n) is 8.02. The summed E-state index contributed by atoms with van der Waals surface area (Å²) in [6.45, 7) is 4.15. The lowest BCUT2D eigenvalue weighted by atomic mass is 10.2. The second kappa shape index (κ2) is 6.30. The molecule has 0 N–H and O–H groups in total. The van der Waals surface area contributed by atoms with Crippen LogP contribution in [0.4, 0.5) is 0 Å². The Morgan fingerprint density at radius 2 is 1.43 bits per heavy atom. The smallest absolute Gasteiger partial charge is 0.262 e. The van der Waals surface area contributed by atoms with E-state index in [9.17, 15) is 0 Å². The molecule has 0 aliphatic heterocycles. The second-order valence-corrected chi connectivity index (χ2v) is 10.2. The molecule has 108 valence electrons. The van der Waals surface area contributed by atoms with E-state index in [2.05, 4.69) is 26.7 Å². The fraction of sp³-hybridized carbons (Fsp3) is 0.263. The fourth-order valence-electron chi connectivity index (χ4n) is 2.76. The van der Waals surface area contributed by atoms with Crippen LogP contribution in [0.1, 0.15) is 23.5 Å². The first kappa shape index (κ1) is 12.9. The maximum atomic E-state index is 8.05. The van der Waals surface area contributed by atoms with Gasteiger partial charge in [0.2, 0.25) is 0 Å². The zero-order valence-corrected chi connectivity index (χ0v) is 13.8. The van der Waals surface area contributed by atoms with Crippen molar-refractivity contribution < 1.29 is 7.17 Å². The standard InChI is InChI=1S/C19H22OSi/c1-5-16-20-21(19(2,3)4,17-12-8-6-9-13-17)18-14-10-7-11-15-18/h1,6-15H,16H2,2-4H3/i16D2. The predicted molar refractivity (Wildman–Crippen MR) is 92.4 cm³/mol. The van der Waals surface area contributed by atoms with Crippen molar-refractivity contribution in [3.05, 3.63) is 60.7 Å². The number of terminal acetylenes is 1. The highest BCUT2D eigenvalue weighted by molar-refractivity contribution is 6.99. The van der Waals surface area contributed by atoms with Crippen LogP contribution in [-0.2, 0) is 4.43 Å². The van der Waals surface area contributed by atoms with Gasteiger partial charge >= 0.3 is 0 Å². The minimum absolute atomic E-state index is 0.292. The molecule has 0 heterocycles. The van der Waals surface area contributed by atoms with Gasteiger partial charge in [0.15, 0.2) is 0 Å². The average molecular weight is 296 g/mol. The normalized spacial score (nSPS) is 14.0. The summed E-state index contributed by atoms with van der Waals surface area (Å²) in [4.78, 5) is 0. The van der Waals surface area contributed by atoms with E-state index < -0.39 is 14.9 Å². The maximum Gasteiger partial charge on any atom is 0.262 e. The highest BCUT2D eigenvalue weighted by Gasteiger charge is 2.49. The van der Waals surface area contributed by atoms with Gasteiger partial charge in [-0.05, 0) is 15.4 Å². The molecule has 0 aliphatic rings. The van der Waals surface area contributed by atoms with Crippen LogP contribution in [0.2, 0.25) is 5.04 Å². The van der Waals surface area contributed by atoms with Crippen LogP contribution in [0.3, 0.4) is 0 Å². The number of benzene rings is 2. The molecule has 0 aliphatic carbocycles. The van der Waals surface area contributed by atoms with Crippen LogP contribution in [0, 0.1) is 12.3 Å². The topological polar surface area (TPSA) is 9.23 Å². The van der Waals surface area contributed by atoms with Gasteiger partial charge in [0.1, 0.15) is 0 Å². The quantitative estimate of drug-likeness (QED) is 0.622. The Balaban J connectivity index is 2.78. The van der Waals surface area contributed by atoms with Crippen LogP contribution in [0.15, 0.2) is 60.7 Å². The van der Waals surface area contributed by atoms with Crippen LogP contribution < -0.4 is 10.4 Å². The van der Waals surface area contributed by atoms with Crippen LogP contribution in [0.25, 0.3) is 0 Å². The van der Waals surface area contributed by atoms with E-state index in [0.29, 0.717) is 0 Å². The van der Waals surface area contributed by atoms with E-state index in [1.54, 1.807) is 0 Å². The fourth-order valence-corrected chi connectivity index (χ4v) is 6.90. The summed E-state index contributed by atoms with van der Waals surface area (Å²) >= 11 is 0. The molecule has 0 fully saturated rings. The number of rotatable bonds is 4. The molecule has 21 heavy (non-hydrogen) atoms. The van der Waals surface area contributed by atoms with Crippen LogP contribution >= 0.6 is 0 Å². The van der Waals surface area contributed by atoms with Crippen molar-refractivity contribution in [3.8, 4) is 12.3 Å². The molecule has 0 saturated heterocycles. The Kier molecular flexibility index (Phi) is 3.86. The van der Waals surface area contributed by atoms with E-state index in [1.165, 1.54) is 0 Å². The van der Waals surface area contributed by atoms with Gasteiger partial charge in [-0.25, -0.2) is 0 Å². The van der Waals surface area contributed by atoms with E-state index in [1.807, 2.05) is 60.7 Å². The van der Waals surface area contributed by atoms with Gasteiger partial charge in [-0.3, -0.25) is 0 Å². The van der Waals surface area contributed by atoms with Crippen molar-refractivity contribution in [3.63, 3.8) is 0 Å².